The first kappa shape index (κ1) is 24.9. The molecule has 3 rings (SSSR count). The first-order chi connectivity index (χ1) is 15.7. The summed E-state index contributed by atoms with van der Waals surface area (Å²) in [6.45, 7) is 1.44. The Hall–Kier alpha value is -2.69. The highest BCUT2D eigenvalue weighted by Gasteiger charge is 2.28. The van der Waals surface area contributed by atoms with Crippen LogP contribution in [0.25, 0.3) is 0 Å². The Bertz CT molecular complexity index is 1280. The Kier molecular flexibility index (Phi) is 8.28. The van der Waals surface area contributed by atoms with Gasteiger partial charge in [-0.25, -0.2) is 13.8 Å². The fraction of sp³-hybridized carbons (Fsp3) is 0.130. The molecular formula is C23H21Br2N3O4S. The normalized spacial score (nSPS) is 11.4. The molecule has 172 valence electrons. The van der Waals surface area contributed by atoms with Crippen molar-refractivity contribution < 1.29 is 17.9 Å². The molecule has 0 aromatic heterocycles. The molecule has 0 aliphatic carbocycles. The van der Waals surface area contributed by atoms with Crippen LogP contribution in [0.2, 0.25) is 0 Å². The molecule has 0 aliphatic heterocycles. The number of ether oxygens (including phenoxy) is 1. The Labute approximate surface area is 209 Å². The number of halogens is 2. The second-order valence-electron chi connectivity index (χ2n) is 6.99. The van der Waals surface area contributed by atoms with E-state index in [2.05, 4.69) is 42.4 Å². The van der Waals surface area contributed by atoms with Crippen molar-refractivity contribution in [3.8, 4) is 5.75 Å². The standard InChI is InChI=1S/C23H21Br2N3O4S/c1-16-6-8-19(9-7-16)28(33(30,31)20-10-11-22(32-2)21(25)13-20)15-23(29)27-26-14-17-4-3-5-18(24)12-17/h3-14H,15H2,1-2H3,(H,27,29)/b26-14-. The van der Waals surface area contributed by atoms with Gasteiger partial charge in [-0.3, -0.25) is 9.10 Å². The lowest BCUT2D eigenvalue weighted by Gasteiger charge is -2.24. The van der Waals surface area contributed by atoms with Gasteiger partial charge in [0.25, 0.3) is 15.9 Å². The second kappa shape index (κ2) is 11.0. The SMILES string of the molecule is COc1ccc(S(=O)(=O)N(CC(=O)N/N=C\c2cccc(Br)c2)c2ccc(C)cc2)cc1Br. The Balaban J connectivity index is 1.87. The van der Waals surface area contributed by atoms with E-state index in [1.807, 2.05) is 31.2 Å². The molecule has 0 aliphatic rings. The zero-order valence-electron chi connectivity index (χ0n) is 17.8. The zero-order chi connectivity index (χ0) is 24.0. The number of aryl methyl sites for hydroxylation is 1. The number of methoxy groups -OCH3 is 1. The maximum Gasteiger partial charge on any atom is 0.264 e. The van der Waals surface area contributed by atoms with E-state index in [4.69, 9.17) is 4.74 Å². The molecule has 0 bridgehead atoms. The van der Waals surface area contributed by atoms with E-state index in [1.54, 1.807) is 30.3 Å². The predicted octanol–water partition coefficient (Wildman–Crippen LogP) is 4.87. The molecule has 7 nitrogen and oxygen atoms in total. The van der Waals surface area contributed by atoms with Gasteiger partial charge in [-0.05, 0) is 70.9 Å². The quantitative estimate of drug-likeness (QED) is 0.298. The first-order valence-electron chi connectivity index (χ1n) is 9.71. The molecule has 0 saturated heterocycles. The van der Waals surface area contributed by atoms with Crippen LogP contribution in [0.15, 0.2) is 85.7 Å². The number of rotatable bonds is 8. The van der Waals surface area contributed by atoms with Crippen molar-refractivity contribution >= 4 is 59.7 Å². The van der Waals surface area contributed by atoms with Crippen molar-refractivity contribution in [2.45, 2.75) is 11.8 Å². The van der Waals surface area contributed by atoms with Crippen LogP contribution in [0, 0.1) is 6.92 Å². The molecule has 3 aromatic carbocycles. The van der Waals surface area contributed by atoms with Crippen LogP contribution in [-0.4, -0.2) is 34.2 Å². The zero-order valence-corrected chi connectivity index (χ0v) is 21.8. The molecule has 33 heavy (non-hydrogen) atoms. The molecule has 0 saturated carbocycles. The number of carbonyl (C=O) groups is 1. The number of benzene rings is 3. The third-order valence-electron chi connectivity index (χ3n) is 4.57. The summed E-state index contributed by atoms with van der Waals surface area (Å²) >= 11 is 6.69. The van der Waals surface area contributed by atoms with Gasteiger partial charge in [-0.1, -0.05) is 45.8 Å². The number of hydrogen-bond acceptors (Lipinski definition) is 5. The van der Waals surface area contributed by atoms with Crippen LogP contribution in [0.1, 0.15) is 11.1 Å². The smallest absolute Gasteiger partial charge is 0.264 e. The fourth-order valence-corrected chi connectivity index (χ4v) is 5.45. The monoisotopic (exact) mass is 593 g/mol. The molecule has 0 heterocycles. The van der Waals surface area contributed by atoms with Gasteiger partial charge in [-0.15, -0.1) is 0 Å². The Morgan fingerprint density at radius 1 is 1.09 bits per heavy atom. The third kappa shape index (κ3) is 6.43. The minimum atomic E-state index is -4.06. The molecule has 0 fully saturated rings. The van der Waals surface area contributed by atoms with Crippen LogP contribution in [0.3, 0.4) is 0 Å². The lowest BCUT2D eigenvalue weighted by Crippen LogP contribution is -2.39. The predicted molar refractivity (Wildman–Crippen MR) is 136 cm³/mol. The van der Waals surface area contributed by atoms with E-state index in [1.165, 1.54) is 25.5 Å². The number of nitrogens with one attached hydrogen (secondary N) is 1. The second-order valence-corrected chi connectivity index (χ2v) is 10.6. The molecular weight excluding hydrogens is 574 g/mol. The molecule has 0 unspecified atom stereocenters. The van der Waals surface area contributed by atoms with Gasteiger partial charge in [0.15, 0.2) is 0 Å². The van der Waals surface area contributed by atoms with Crippen molar-refractivity contribution in [1.82, 2.24) is 5.43 Å². The summed E-state index contributed by atoms with van der Waals surface area (Å²) in [5.74, 6) is -0.0894. The van der Waals surface area contributed by atoms with E-state index >= 15 is 0 Å². The van der Waals surface area contributed by atoms with Crippen molar-refractivity contribution in [1.29, 1.82) is 0 Å². The van der Waals surface area contributed by atoms with Crippen LogP contribution in [0.5, 0.6) is 5.75 Å². The number of anilines is 1. The average molecular weight is 595 g/mol. The number of sulfonamides is 1. The molecule has 3 aromatic rings. The van der Waals surface area contributed by atoms with E-state index in [-0.39, 0.29) is 4.90 Å². The number of carbonyl (C=O) groups excluding carboxylic acids is 1. The average Bonchev–Trinajstić information content (AvgIpc) is 2.78. The number of amides is 1. The van der Waals surface area contributed by atoms with Crippen molar-refractivity contribution in [3.63, 3.8) is 0 Å². The molecule has 0 atom stereocenters. The summed E-state index contributed by atoms with van der Waals surface area (Å²) in [5, 5.41) is 3.94. The topological polar surface area (TPSA) is 88.1 Å². The van der Waals surface area contributed by atoms with E-state index < -0.39 is 22.5 Å². The summed E-state index contributed by atoms with van der Waals surface area (Å²) in [5.41, 5.74) is 4.49. The molecule has 0 spiro atoms. The van der Waals surface area contributed by atoms with Crippen LogP contribution in [0.4, 0.5) is 5.69 Å². The van der Waals surface area contributed by atoms with Crippen molar-refractivity contribution in [2.75, 3.05) is 18.0 Å². The first-order valence-corrected chi connectivity index (χ1v) is 12.7. The van der Waals surface area contributed by atoms with Gasteiger partial charge in [-0.2, -0.15) is 5.10 Å². The van der Waals surface area contributed by atoms with Gasteiger partial charge < -0.3 is 4.74 Å². The van der Waals surface area contributed by atoms with Crippen molar-refractivity contribution in [2.24, 2.45) is 5.10 Å². The van der Waals surface area contributed by atoms with Gasteiger partial charge in [0.1, 0.15) is 12.3 Å². The van der Waals surface area contributed by atoms with Crippen LogP contribution < -0.4 is 14.5 Å². The maximum atomic E-state index is 13.5. The maximum absolute atomic E-state index is 13.5. The summed E-state index contributed by atoms with van der Waals surface area (Å²) in [6, 6.07) is 18.7. The summed E-state index contributed by atoms with van der Waals surface area (Å²) < 4.78 is 34.5. The van der Waals surface area contributed by atoms with Gasteiger partial charge >= 0.3 is 0 Å². The number of hydrogen-bond donors (Lipinski definition) is 1. The van der Waals surface area contributed by atoms with E-state index in [9.17, 15) is 13.2 Å². The Morgan fingerprint density at radius 3 is 2.45 bits per heavy atom. The minimum absolute atomic E-state index is 0.0150. The molecule has 10 heteroatoms. The van der Waals surface area contributed by atoms with Crippen LogP contribution >= 0.6 is 31.9 Å². The molecule has 1 amide bonds. The van der Waals surface area contributed by atoms with Crippen molar-refractivity contribution in [3.05, 3.63) is 86.8 Å². The lowest BCUT2D eigenvalue weighted by molar-refractivity contribution is -0.119. The fourth-order valence-electron chi connectivity index (χ4n) is 2.89. The highest BCUT2D eigenvalue weighted by Crippen LogP contribution is 2.30. The largest absolute Gasteiger partial charge is 0.496 e. The number of nitrogens with zero attached hydrogens (tertiary/aromatic N) is 2. The van der Waals surface area contributed by atoms with Crippen LogP contribution in [-0.2, 0) is 14.8 Å². The molecule has 1 N–H and O–H groups in total. The minimum Gasteiger partial charge on any atom is -0.496 e. The Morgan fingerprint density at radius 2 is 1.82 bits per heavy atom. The number of hydrazone groups is 1. The molecule has 0 radical (unpaired) electrons. The van der Waals surface area contributed by atoms with Gasteiger partial charge in [0.2, 0.25) is 0 Å². The summed E-state index contributed by atoms with van der Waals surface area (Å²) in [4.78, 5) is 12.6. The highest BCUT2D eigenvalue weighted by atomic mass is 79.9. The van der Waals surface area contributed by atoms with E-state index in [0.717, 1.165) is 19.9 Å². The summed E-state index contributed by atoms with van der Waals surface area (Å²) in [6.07, 6.45) is 1.48. The highest BCUT2D eigenvalue weighted by molar-refractivity contribution is 9.10. The van der Waals surface area contributed by atoms with E-state index in [0.29, 0.717) is 15.9 Å². The third-order valence-corrected chi connectivity index (χ3v) is 7.45. The summed E-state index contributed by atoms with van der Waals surface area (Å²) in [7, 11) is -2.57. The van der Waals surface area contributed by atoms with Gasteiger partial charge in [0.05, 0.1) is 28.4 Å². The van der Waals surface area contributed by atoms with Gasteiger partial charge in [0, 0.05) is 4.47 Å². The lowest BCUT2D eigenvalue weighted by atomic mass is 10.2.